The van der Waals surface area contributed by atoms with Crippen molar-refractivity contribution in [3.05, 3.63) is 58.9 Å². The Morgan fingerprint density at radius 3 is 2.70 bits per heavy atom. The van der Waals surface area contributed by atoms with Crippen LogP contribution in [0.4, 0.5) is 5.69 Å². The molecule has 2 aromatic rings. The standard InChI is InChI=1S/C17H18ClN3O2/c1-11-8-15(6-7-19-11)21-17(23)10-16(20-12(2)22)13-4-3-5-14(18)9-13/h3-9,16H,10H2,1-2H3,(H,20,22)(H,19,21,23). The summed E-state index contributed by atoms with van der Waals surface area (Å²) >= 11 is 5.99. The zero-order valence-electron chi connectivity index (χ0n) is 13.0. The van der Waals surface area contributed by atoms with Crippen LogP contribution in [-0.4, -0.2) is 16.8 Å². The number of rotatable bonds is 5. The van der Waals surface area contributed by atoms with E-state index in [0.29, 0.717) is 10.7 Å². The molecule has 1 unspecified atom stereocenters. The van der Waals surface area contributed by atoms with Crippen LogP contribution in [0.2, 0.25) is 5.02 Å². The van der Waals surface area contributed by atoms with Crippen molar-refractivity contribution in [2.45, 2.75) is 26.3 Å². The smallest absolute Gasteiger partial charge is 0.226 e. The van der Waals surface area contributed by atoms with Gasteiger partial charge in [-0.15, -0.1) is 0 Å². The highest BCUT2D eigenvalue weighted by Crippen LogP contribution is 2.21. The molecule has 0 aliphatic heterocycles. The number of benzene rings is 1. The van der Waals surface area contributed by atoms with Crippen molar-refractivity contribution in [2.24, 2.45) is 0 Å². The van der Waals surface area contributed by atoms with Gasteiger partial charge in [0.1, 0.15) is 0 Å². The Kier molecular flexibility index (Phi) is 5.71. The number of halogens is 1. The summed E-state index contributed by atoms with van der Waals surface area (Å²) in [7, 11) is 0. The second-order valence-corrected chi connectivity index (χ2v) is 5.68. The summed E-state index contributed by atoms with van der Waals surface area (Å²) < 4.78 is 0. The zero-order chi connectivity index (χ0) is 16.8. The summed E-state index contributed by atoms with van der Waals surface area (Å²) in [6.45, 7) is 3.27. The Balaban J connectivity index is 2.11. The number of carbonyl (C=O) groups is 2. The minimum Gasteiger partial charge on any atom is -0.349 e. The highest BCUT2D eigenvalue weighted by Gasteiger charge is 2.17. The third kappa shape index (κ3) is 5.38. The summed E-state index contributed by atoms with van der Waals surface area (Å²) in [6, 6.07) is 10.2. The monoisotopic (exact) mass is 331 g/mol. The largest absolute Gasteiger partial charge is 0.349 e. The van der Waals surface area contributed by atoms with Crippen LogP contribution < -0.4 is 10.6 Å². The van der Waals surface area contributed by atoms with Crippen LogP contribution in [0.5, 0.6) is 0 Å². The molecule has 0 radical (unpaired) electrons. The third-order valence-electron chi connectivity index (χ3n) is 3.20. The lowest BCUT2D eigenvalue weighted by Gasteiger charge is -2.18. The topological polar surface area (TPSA) is 71.1 Å². The fraction of sp³-hybridized carbons (Fsp3) is 0.235. The average Bonchev–Trinajstić information content (AvgIpc) is 2.46. The number of amides is 2. The molecule has 0 aliphatic rings. The number of anilines is 1. The quantitative estimate of drug-likeness (QED) is 0.883. The molecule has 2 rings (SSSR count). The molecule has 0 spiro atoms. The van der Waals surface area contributed by atoms with Gasteiger partial charge >= 0.3 is 0 Å². The molecule has 0 aliphatic carbocycles. The molecule has 0 saturated heterocycles. The second kappa shape index (κ2) is 7.74. The van der Waals surface area contributed by atoms with Crippen LogP contribution in [0.3, 0.4) is 0 Å². The minimum absolute atomic E-state index is 0.112. The van der Waals surface area contributed by atoms with E-state index in [4.69, 9.17) is 11.6 Å². The minimum atomic E-state index is -0.436. The van der Waals surface area contributed by atoms with Gasteiger partial charge in [-0.2, -0.15) is 0 Å². The van der Waals surface area contributed by atoms with E-state index in [-0.39, 0.29) is 18.2 Å². The predicted molar refractivity (Wildman–Crippen MR) is 90.2 cm³/mol. The molecule has 0 saturated carbocycles. The van der Waals surface area contributed by atoms with Crippen molar-refractivity contribution in [1.82, 2.24) is 10.3 Å². The van der Waals surface area contributed by atoms with Gasteiger partial charge in [0.2, 0.25) is 11.8 Å². The van der Waals surface area contributed by atoms with E-state index in [9.17, 15) is 9.59 Å². The van der Waals surface area contributed by atoms with Crippen molar-refractivity contribution in [3.63, 3.8) is 0 Å². The molecular weight excluding hydrogens is 314 g/mol. The maximum atomic E-state index is 12.3. The molecular formula is C17H18ClN3O2. The van der Waals surface area contributed by atoms with Crippen molar-refractivity contribution in [3.8, 4) is 0 Å². The fourth-order valence-corrected chi connectivity index (χ4v) is 2.44. The number of nitrogens with zero attached hydrogens (tertiary/aromatic N) is 1. The first-order chi connectivity index (χ1) is 10.9. The Bertz CT molecular complexity index is 718. The first-order valence-corrected chi connectivity index (χ1v) is 7.57. The van der Waals surface area contributed by atoms with Crippen molar-refractivity contribution >= 4 is 29.1 Å². The lowest BCUT2D eigenvalue weighted by molar-refractivity contribution is -0.120. The number of carbonyl (C=O) groups excluding carboxylic acids is 2. The van der Waals surface area contributed by atoms with E-state index in [1.54, 1.807) is 36.5 Å². The highest BCUT2D eigenvalue weighted by molar-refractivity contribution is 6.30. The summed E-state index contributed by atoms with van der Waals surface area (Å²) in [5, 5.41) is 6.15. The zero-order valence-corrected chi connectivity index (χ0v) is 13.7. The maximum absolute atomic E-state index is 12.3. The molecule has 6 heteroatoms. The van der Waals surface area contributed by atoms with Crippen LogP contribution in [0.1, 0.15) is 30.6 Å². The SMILES string of the molecule is CC(=O)NC(CC(=O)Nc1ccnc(C)c1)c1cccc(Cl)c1. The van der Waals surface area contributed by atoms with Crippen molar-refractivity contribution < 1.29 is 9.59 Å². The van der Waals surface area contributed by atoms with Gasteiger partial charge in [-0.05, 0) is 36.8 Å². The molecule has 1 aromatic carbocycles. The molecule has 1 aromatic heterocycles. The molecule has 0 bridgehead atoms. The maximum Gasteiger partial charge on any atom is 0.226 e. The van der Waals surface area contributed by atoms with E-state index >= 15 is 0 Å². The van der Waals surface area contributed by atoms with E-state index in [1.807, 2.05) is 13.0 Å². The Labute approximate surface area is 140 Å². The molecule has 1 atom stereocenters. The third-order valence-corrected chi connectivity index (χ3v) is 3.43. The second-order valence-electron chi connectivity index (χ2n) is 5.25. The van der Waals surface area contributed by atoms with E-state index in [2.05, 4.69) is 15.6 Å². The summed E-state index contributed by atoms with van der Waals surface area (Å²) in [5.41, 5.74) is 2.28. The van der Waals surface area contributed by atoms with Crippen LogP contribution >= 0.6 is 11.6 Å². The molecule has 5 nitrogen and oxygen atoms in total. The van der Waals surface area contributed by atoms with Gasteiger partial charge in [0.05, 0.1) is 12.5 Å². The van der Waals surface area contributed by atoms with E-state index in [1.165, 1.54) is 6.92 Å². The van der Waals surface area contributed by atoms with Gasteiger partial charge < -0.3 is 10.6 Å². The molecule has 2 N–H and O–H groups in total. The number of hydrogen-bond acceptors (Lipinski definition) is 3. The first kappa shape index (κ1) is 17.0. The van der Waals surface area contributed by atoms with E-state index < -0.39 is 6.04 Å². The van der Waals surface area contributed by atoms with Gasteiger partial charge in [-0.3, -0.25) is 14.6 Å². The van der Waals surface area contributed by atoms with Gasteiger partial charge in [-0.1, -0.05) is 23.7 Å². The molecule has 2 amide bonds. The fourth-order valence-electron chi connectivity index (χ4n) is 2.24. The van der Waals surface area contributed by atoms with Gasteiger partial charge in [0, 0.05) is 29.5 Å². The highest BCUT2D eigenvalue weighted by atomic mass is 35.5. The number of aryl methyl sites for hydroxylation is 1. The molecule has 23 heavy (non-hydrogen) atoms. The predicted octanol–water partition coefficient (Wildman–Crippen LogP) is 3.25. The van der Waals surface area contributed by atoms with Crippen LogP contribution in [-0.2, 0) is 9.59 Å². The summed E-state index contributed by atoms with van der Waals surface area (Å²) in [6.07, 6.45) is 1.74. The van der Waals surface area contributed by atoms with E-state index in [0.717, 1.165) is 11.3 Å². The Hall–Kier alpha value is -2.40. The van der Waals surface area contributed by atoms with Crippen molar-refractivity contribution in [2.75, 3.05) is 5.32 Å². The molecule has 120 valence electrons. The first-order valence-electron chi connectivity index (χ1n) is 7.19. The van der Waals surface area contributed by atoms with Crippen molar-refractivity contribution in [1.29, 1.82) is 0 Å². The Morgan fingerprint density at radius 1 is 1.26 bits per heavy atom. The van der Waals surface area contributed by atoms with Gasteiger partial charge in [-0.25, -0.2) is 0 Å². The number of hydrogen-bond donors (Lipinski definition) is 2. The molecule has 0 fully saturated rings. The normalized spacial score (nSPS) is 11.6. The summed E-state index contributed by atoms with van der Waals surface area (Å²) in [5.74, 6) is -0.406. The number of aromatic nitrogens is 1. The molecule has 1 heterocycles. The lowest BCUT2D eigenvalue weighted by atomic mass is 10.0. The van der Waals surface area contributed by atoms with Gasteiger partial charge in [0.15, 0.2) is 0 Å². The average molecular weight is 332 g/mol. The van der Waals surface area contributed by atoms with Crippen LogP contribution in [0.15, 0.2) is 42.6 Å². The van der Waals surface area contributed by atoms with Gasteiger partial charge in [0.25, 0.3) is 0 Å². The number of nitrogens with one attached hydrogen (secondary N) is 2. The summed E-state index contributed by atoms with van der Waals surface area (Å²) in [4.78, 5) is 27.8. The lowest BCUT2D eigenvalue weighted by Crippen LogP contribution is -2.29. The Morgan fingerprint density at radius 2 is 2.04 bits per heavy atom. The van der Waals surface area contributed by atoms with Crippen LogP contribution in [0.25, 0.3) is 0 Å². The van der Waals surface area contributed by atoms with Crippen LogP contribution in [0, 0.1) is 6.92 Å². The number of pyridine rings is 1.